The number of tetrazole rings is 1. The van der Waals surface area contributed by atoms with E-state index in [1.165, 1.54) is 28.9 Å². The lowest BCUT2D eigenvalue weighted by atomic mass is 10.0. The highest BCUT2D eigenvalue weighted by Crippen LogP contribution is 2.24. The Morgan fingerprint density at radius 2 is 1.86 bits per heavy atom. The minimum Gasteiger partial charge on any atom is -0.478 e. The van der Waals surface area contributed by atoms with Crippen molar-refractivity contribution < 1.29 is 14.3 Å². The van der Waals surface area contributed by atoms with E-state index in [1.807, 2.05) is 0 Å². The van der Waals surface area contributed by atoms with Crippen molar-refractivity contribution in [1.29, 1.82) is 0 Å². The molecule has 22 heavy (non-hydrogen) atoms. The average Bonchev–Trinajstić information content (AvgIpc) is 2.93. The van der Waals surface area contributed by atoms with Crippen LogP contribution in [0.25, 0.3) is 16.8 Å². The number of benzene rings is 2. The molecule has 0 unspecified atom stereocenters. The SMILES string of the molecule is Cc1nnnn1-c1cc(C(=O)O)cc(-c2ccc(F)cc2)c1. The molecular weight excluding hydrogens is 287 g/mol. The zero-order valence-corrected chi connectivity index (χ0v) is 11.6. The number of carboxylic acid groups (broad SMARTS) is 1. The maximum atomic E-state index is 13.0. The Hall–Kier alpha value is -3.09. The molecule has 0 aliphatic rings. The molecule has 0 spiro atoms. The summed E-state index contributed by atoms with van der Waals surface area (Å²) < 4.78 is 14.5. The van der Waals surface area contributed by atoms with Crippen LogP contribution in [-0.2, 0) is 0 Å². The van der Waals surface area contributed by atoms with Crippen LogP contribution in [0.3, 0.4) is 0 Å². The lowest BCUT2D eigenvalue weighted by molar-refractivity contribution is 0.0697. The number of halogens is 1. The van der Waals surface area contributed by atoms with Gasteiger partial charge in [0.1, 0.15) is 5.82 Å². The molecule has 0 radical (unpaired) electrons. The van der Waals surface area contributed by atoms with Crippen molar-refractivity contribution in [3.05, 3.63) is 59.7 Å². The summed E-state index contributed by atoms with van der Waals surface area (Å²) in [5.74, 6) is -0.877. The van der Waals surface area contributed by atoms with Gasteiger partial charge in [0, 0.05) is 0 Å². The fraction of sp³-hybridized carbons (Fsp3) is 0.0667. The molecule has 7 heteroatoms. The van der Waals surface area contributed by atoms with Crippen molar-refractivity contribution in [3.63, 3.8) is 0 Å². The Morgan fingerprint density at radius 3 is 2.45 bits per heavy atom. The van der Waals surface area contributed by atoms with Gasteiger partial charge in [0.25, 0.3) is 0 Å². The number of aromatic carboxylic acids is 1. The van der Waals surface area contributed by atoms with E-state index < -0.39 is 5.97 Å². The van der Waals surface area contributed by atoms with Gasteiger partial charge in [0.15, 0.2) is 5.82 Å². The molecule has 0 fully saturated rings. The van der Waals surface area contributed by atoms with E-state index in [-0.39, 0.29) is 11.4 Å². The Balaban J connectivity index is 2.18. The van der Waals surface area contributed by atoms with Crippen LogP contribution in [0.2, 0.25) is 0 Å². The van der Waals surface area contributed by atoms with E-state index in [2.05, 4.69) is 15.5 Å². The third-order valence-electron chi connectivity index (χ3n) is 3.21. The second-order valence-corrected chi connectivity index (χ2v) is 4.72. The first-order valence-corrected chi connectivity index (χ1v) is 6.44. The van der Waals surface area contributed by atoms with Gasteiger partial charge >= 0.3 is 5.97 Å². The van der Waals surface area contributed by atoms with Crippen LogP contribution in [0, 0.1) is 12.7 Å². The van der Waals surface area contributed by atoms with E-state index >= 15 is 0 Å². The Kier molecular flexibility index (Phi) is 3.38. The van der Waals surface area contributed by atoms with Crippen LogP contribution < -0.4 is 0 Å². The van der Waals surface area contributed by atoms with Crippen molar-refractivity contribution in [1.82, 2.24) is 20.2 Å². The van der Waals surface area contributed by atoms with E-state index in [1.54, 1.807) is 25.1 Å². The van der Waals surface area contributed by atoms with Crippen molar-refractivity contribution in [3.8, 4) is 16.8 Å². The van der Waals surface area contributed by atoms with Gasteiger partial charge in [0.2, 0.25) is 0 Å². The number of rotatable bonds is 3. The number of carbonyl (C=O) groups is 1. The van der Waals surface area contributed by atoms with Crippen molar-refractivity contribution in [2.45, 2.75) is 6.92 Å². The molecule has 0 aliphatic heterocycles. The van der Waals surface area contributed by atoms with Crippen molar-refractivity contribution in [2.75, 3.05) is 0 Å². The average molecular weight is 298 g/mol. The summed E-state index contributed by atoms with van der Waals surface area (Å²) in [6, 6.07) is 10.6. The second kappa shape index (κ2) is 5.36. The molecule has 1 heterocycles. The van der Waals surface area contributed by atoms with Gasteiger partial charge in [-0.25, -0.2) is 9.18 Å². The molecule has 0 saturated heterocycles. The summed E-state index contributed by atoms with van der Waals surface area (Å²) in [5.41, 5.74) is 1.98. The Morgan fingerprint density at radius 1 is 1.14 bits per heavy atom. The molecular formula is C15H11FN4O2. The quantitative estimate of drug-likeness (QED) is 0.803. The molecule has 1 N–H and O–H groups in total. The summed E-state index contributed by atoms with van der Waals surface area (Å²) in [5, 5.41) is 20.4. The lowest BCUT2D eigenvalue weighted by Gasteiger charge is -2.08. The number of aromatic nitrogens is 4. The molecule has 3 aromatic rings. The van der Waals surface area contributed by atoms with E-state index in [0.717, 1.165) is 0 Å². The lowest BCUT2D eigenvalue weighted by Crippen LogP contribution is -2.04. The monoisotopic (exact) mass is 298 g/mol. The van der Waals surface area contributed by atoms with Gasteiger partial charge in [-0.2, -0.15) is 4.68 Å². The van der Waals surface area contributed by atoms with Crippen LogP contribution in [0.4, 0.5) is 4.39 Å². The van der Waals surface area contributed by atoms with Gasteiger partial charge in [-0.05, 0) is 58.8 Å². The Bertz CT molecular complexity index is 843. The van der Waals surface area contributed by atoms with Crippen LogP contribution in [0.15, 0.2) is 42.5 Å². The first-order chi connectivity index (χ1) is 10.5. The largest absolute Gasteiger partial charge is 0.478 e. The summed E-state index contributed by atoms with van der Waals surface area (Å²) in [6.07, 6.45) is 0. The first-order valence-electron chi connectivity index (χ1n) is 6.44. The highest BCUT2D eigenvalue weighted by atomic mass is 19.1. The van der Waals surface area contributed by atoms with Crippen LogP contribution in [-0.4, -0.2) is 31.3 Å². The number of carboxylic acids is 1. The van der Waals surface area contributed by atoms with Gasteiger partial charge in [-0.15, -0.1) is 5.10 Å². The van der Waals surface area contributed by atoms with Crippen LogP contribution in [0.1, 0.15) is 16.2 Å². The predicted octanol–water partition coefficient (Wildman–Crippen LogP) is 2.48. The van der Waals surface area contributed by atoms with Gasteiger partial charge < -0.3 is 5.11 Å². The topological polar surface area (TPSA) is 80.9 Å². The summed E-state index contributed by atoms with van der Waals surface area (Å²) in [7, 11) is 0. The first kappa shape index (κ1) is 13.9. The normalized spacial score (nSPS) is 10.6. The fourth-order valence-electron chi connectivity index (χ4n) is 2.14. The molecule has 2 aromatic carbocycles. The molecule has 1 aromatic heterocycles. The molecule has 0 amide bonds. The molecule has 0 aliphatic carbocycles. The number of nitrogens with zero attached hydrogens (tertiary/aromatic N) is 4. The van der Waals surface area contributed by atoms with Crippen LogP contribution in [0.5, 0.6) is 0 Å². The summed E-state index contributed by atoms with van der Waals surface area (Å²) in [6.45, 7) is 1.71. The minimum absolute atomic E-state index is 0.103. The highest BCUT2D eigenvalue weighted by molar-refractivity contribution is 5.90. The minimum atomic E-state index is -1.06. The molecule has 0 saturated carbocycles. The number of hydrogen-bond acceptors (Lipinski definition) is 4. The van der Waals surface area contributed by atoms with E-state index in [4.69, 9.17) is 0 Å². The molecule has 3 rings (SSSR count). The highest BCUT2D eigenvalue weighted by Gasteiger charge is 2.12. The predicted molar refractivity (Wildman–Crippen MR) is 76.2 cm³/mol. The zero-order chi connectivity index (χ0) is 15.7. The maximum absolute atomic E-state index is 13.0. The smallest absolute Gasteiger partial charge is 0.335 e. The molecule has 0 bridgehead atoms. The van der Waals surface area contributed by atoms with E-state index in [9.17, 15) is 14.3 Å². The molecule has 0 atom stereocenters. The summed E-state index contributed by atoms with van der Waals surface area (Å²) in [4.78, 5) is 11.3. The maximum Gasteiger partial charge on any atom is 0.335 e. The second-order valence-electron chi connectivity index (χ2n) is 4.72. The number of aryl methyl sites for hydroxylation is 1. The van der Waals surface area contributed by atoms with Crippen molar-refractivity contribution in [2.24, 2.45) is 0 Å². The van der Waals surface area contributed by atoms with E-state index in [0.29, 0.717) is 22.6 Å². The standard InChI is InChI=1S/C15H11FN4O2/c1-9-17-18-19-20(9)14-7-11(6-12(8-14)15(21)22)10-2-4-13(16)5-3-10/h2-8H,1H3,(H,21,22). The zero-order valence-electron chi connectivity index (χ0n) is 11.6. The molecule has 6 nitrogen and oxygen atoms in total. The van der Waals surface area contributed by atoms with Crippen LogP contribution >= 0.6 is 0 Å². The number of hydrogen-bond donors (Lipinski definition) is 1. The Labute approximate surface area is 124 Å². The third-order valence-corrected chi connectivity index (χ3v) is 3.21. The fourth-order valence-corrected chi connectivity index (χ4v) is 2.14. The van der Waals surface area contributed by atoms with Crippen molar-refractivity contribution >= 4 is 5.97 Å². The third kappa shape index (κ3) is 2.56. The molecule has 110 valence electrons. The van der Waals surface area contributed by atoms with Gasteiger partial charge in [0.05, 0.1) is 11.3 Å². The van der Waals surface area contributed by atoms with Gasteiger partial charge in [-0.1, -0.05) is 12.1 Å². The van der Waals surface area contributed by atoms with Gasteiger partial charge in [-0.3, -0.25) is 0 Å². The summed E-state index contributed by atoms with van der Waals surface area (Å²) >= 11 is 0.